The van der Waals surface area contributed by atoms with E-state index in [2.05, 4.69) is 10.3 Å². The van der Waals surface area contributed by atoms with E-state index in [1.807, 2.05) is 30.3 Å². The van der Waals surface area contributed by atoms with Crippen LogP contribution >= 0.6 is 0 Å². The number of carbonyl (C=O) groups excluding carboxylic acids is 1. The number of hydrogen-bond acceptors (Lipinski definition) is 3. The molecule has 0 saturated heterocycles. The smallest absolute Gasteiger partial charge is 0.260 e. The summed E-state index contributed by atoms with van der Waals surface area (Å²) in [4.78, 5) is 17.5. The summed E-state index contributed by atoms with van der Waals surface area (Å²) in [6, 6.07) is 19.2. The molecule has 1 heterocycles. The Morgan fingerprint density at radius 2 is 1.71 bits per heavy atom. The van der Waals surface area contributed by atoms with Crippen molar-refractivity contribution in [2.45, 2.75) is 6.54 Å². The van der Waals surface area contributed by atoms with Crippen LogP contribution in [0.25, 0.3) is 11.3 Å². The van der Waals surface area contributed by atoms with Gasteiger partial charge in [-0.1, -0.05) is 30.3 Å². The van der Waals surface area contributed by atoms with E-state index in [1.165, 1.54) is 31.4 Å². The van der Waals surface area contributed by atoms with Crippen LogP contribution < -0.4 is 10.1 Å². The van der Waals surface area contributed by atoms with Crippen LogP contribution in [-0.4, -0.2) is 22.6 Å². The lowest BCUT2D eigenvalue weighted by molar-refractivity contribution is 0.102. The lowest BCUT2D eigenvalue weighted by Gasteiger charge is -2.14. The summed E-state index contributed by atoms with van der Waals surface area (Å²) < 4.78 is 34.2. The molecule has 1 amide bonds. The highest BCUT2D eigenvalue weighted by molar-refractivity contribution is 6.07. The van der Waals surface area contributed by atoms with Gasteiger partial charge in [0.1, 0.15) is 28.9 Å². The van der Waals surface area contributed by atoms with Crippen molar-refractivity contribution in [3.8, 4) is 17.0 Å². The number of nitrogens with zero attached hydrogens (tertiary/aromatic N) is 2. The number of aromatic nitrogens is 2. The summed E-state index contributed by atoms with van der Waals surface area (Å²) in [5, 5.41) is 2.83. The van der Waals surface area contributed by atoms with E-state index in [0.29, 0.717) is 23.6 Å². The van der Waals surface area contributed by atoms with Gasteiger partial charge in [-0.2, -0.15) is 0 Å². The van der Waals surface area contributed by atoms with E-state index in [1.54, 1.807) is 23.0 Å². The number of amides is 1. The Hall–Kier alpha value is -4.00. The third-order valence-electron chi connectivity index (χ3n) is 4.79. The van der Waals surface area contributed by atoms with Gasteiger partial charge in [0.15, 0.2) is 0 Å². The van der Waals surface area contributed by atoms with E-state index in [-0.39, 0.29) is 17.1 Å². The Labute approximate surface area is 177 Å². The fourth-order valence-electron chi connectivity index (χ4n) is 3.26. The minimum absolute atomic E-state index is 0.0556. The molecule has 1 aromatic heterocycles. The highest BCUT2D eigenvalue weighted by atomic mass is 19.1. The molecule has 4 rings (SSSR count). The van der Waals surface area contributed by atoms with Gasteiger partial charge >= 0.3 is 0 Å². The van der Waals surface area contributed by atoms with Gasteiger partial charge in [0, 0.05) is 5.56 Å². The van der Waals surface area contributed by atoms with Gasteiger partial charge in [0.25, 0.3) is 5.91 Å². The number of anilines is 1. The minimum Gasteiger partial charge on any atom is -0.496 e. The average molecular weight is 419 g/mol. The van der Waals surface area contributed by atoms with Gasteiger partial charge in [0.05, 0.1) is 25.5 Å². The molecule has 0 fully saturated rings. The van der Waals surface area contributed by atoms with E-state index >= 15 is 0 Å². The molecular formula is C24H19F2N3O2. The lowest BCUT2D eigenvalue weighted by Crippen LogP contribution is -2.17. The van der Waals surface area contributed by atoms with Crippen molar-refractivity contribution in [3.05, 3.63) is 102 Å². The topological polar surface area (TPSA) is 56.1 Å². The van der Waals surface area contributed by atoms with Crippen molar-refractivity contribution >= 4 is 11.7 Å². The van der Waals surface area contributed by atoms with Crippen molar-refractivity contribution in [2.75, 3.05) is 12.4 Å². The third-order valence-corrected chi connectivity index (χ3v) is 4.79. The monoisotopic (exact) mass is 419 g/mol. The number of imidazole rings is 1. The Morgan fingerprint density at radius 1 is 1.00 bits per heavy atom. The molecule has 5 nitrogen and oxygen atoms in total. The summed E-state index contributed by atoms with van der Waals surface area (Å²) in [5.74, 6) is -0.817. The first-order valence-corrected chi connectivity index (χ1v) is 9.55. The molecule has 7 heteroatoms. The lowest BCUT2D eigenvalue weighted by atomic mass is 10.1. The quantitative estimate of drug-likeness (QED) is 0.471. The minimum atomic E-state index is -0.553. The van der Waals surface area contributed by atoms with Crippen LogP contribution in [0.2, 0.25) is 0 Å². The third kappa shape index (κ3) is 4.45. The molecule has 0 bridgehead atoms. The Bertz CT molecular complexity index is 1210. The number of rotatable bonds is 6. The first-order valence-electron chi connectivity index (χ1n) is 9.55. The number of halogens is 2. The van der Waals surface area contributed by atoms with Crippen LogP contribution in [0.4, 0.5) is 14.6 Å². The molecule has 31 heavy (non-hydrogen) atoms. The largest absolute Gasteiger partial charge is 0.496 e. The normalized spacial score (nSPS) is 10.7. The second kappa shape index (κ2) is 8.79. The summed E-state index contributed by atoms with van der Waals surface area (Å²) in [7, 11) is 1.41. The van der Waals surface area contributed by atoms with Crippen LogP contribution in [-0.2, 0) is 6.54 Å². The molecule has 0 unspecified atom stereocenters. The molecule has 1 N–H and O–H groups in total. The Balaban J connectivity index is 1.75. The summed E-state index contributed by atoms with van der Waals surface area (Å²) in [6.07, 6.45) is 1.60. The Morgan fingerprint density at radius 3 is 2.42 bits per heavy atom. The van der Waals surface area contributed by atoms with Gasteiger partial charge in [-0.05, 0) is 48.0 Å². The maximum absolute atomic E-state index is 13.8. The zero-order chi connectivity index (χ0) is 21.8. The van der Waals surface area contributed by atoms with Gasteiger partial charge in [-0.3, -0.25) is 4.79 Å². The molecule has 156 valence electrons. The standard InChI is InChI=1S/C24H19F2N3O2/c1-31-21-12-11-19(26)13-20(21)24(30)28-23-22(17-7-9-18(25)10-8-17)27-15-29(23)14-16-5-3-2-4-6-16/h2-13,15H,14H2,1H3,(H,28,30). The number of methoxy groups -OCH3 is 1. The predicted molar refractivity (Wildman–Crippen MR) is 114 cm³/mol. The Kier molecular flexibility index (Phi) is 5.75. The van der Waals surface area contributed by atoms with Gasteiger partial charge < -0.3 is 14.6 Å². The maximum atomic E-state index is 13.8. The van der Waals surface area contributed by atoms with Crippen molar-refractivity contribution in [1.82, 2.24) is 9.55 Å². The van der Waals surface area contributed by atoms with Crippen LogP contribution in [0.15, 0.2) is 79.1 Å². The zero-order valence-corrected chi connectivity index (χ0v) is 16.7. The van der Waals surface area contributed by atoms with E-state index in [4.69, 9.17) is 4.74 Å². The van der Waals surface area contributed by atoms with Crippen molar-refractivity contribution in [1.29, 1.82) is 0 Å². The SMILES string of the molecule is COc1ccc(F)cc1C(=O)Nc1c(-c2ccc(F)cc2)ncn1Cc1ccccc1. The average Bonchev–Trinajstić information content (AvgIpc) is 3.17. The predicted octanol–water partition coefficient (Wildman–Crippen LogP) is 5.14. The van der Waals surface area contributed by atoms with E-state index < -0.39 is 11.7 Å². The van der Waals surface area contributed by atoms with E-state index in [9.17, 15) is 13.6 Å². The molecule has 3 aromatic carbocycles. The first kappa shape index (κ1) is 20.3. The number of benzene rings is 3. The van der Waals surface area contributed by atoms with Crippen LogP contribution in [0, 0.1) is 11.6 Å². The van der Waals surface area contributed by atoms with Crippen LogP contribution in [0.1, 0.15) is 15.9 Å². The van der Waals surface area contributed by atoms with Crippen molar-refractivity contribution in [2.24, 2.45) is 0 Å². The van der Waals surface area contributed by atoms with Crippen molar-refractivity contribution < 1.29 is 18.3 Å². The van der Waals surface area contributed by atoms with Gasteiger partial charge in [-0.25, -0.2) is 13.8 Å². The fourth-order valence-corrected chi connectivity index (χ4v) is 3.26. The summed E-state index contributed by atoms with van der Waals surface area (Å²) in [6.45, 7) is 0.449. The molecule has 4 aromatic rings. The molecule has 0 aliphatic carbocycles. The molecule has 0 radical (unpaired) electrons. The van der Waals surface area contributed by atoms with Crippen molar-refractivity contribution in [3.63, 3.8) is 0 Å². The highest BCUT2D eigenvalue weighted by Crippen LogP contribution is 2.29. The number of nitrogens with one attached hydrogen (secondary N) is 1. The zero-order valence-electron chi connectivity index (χ0n) is 16.7. The van der Waals surface area contributed by atoms with Gasteiger partial charge in [0.2, 0.25) is 0 Å². The number of hydrogen-bond donors (Lipinski definition) is 1. The molecule has 0 atom stereocenters. The summed E-state index contributed by atoms with van der Waals surface area (Å²) >= 11 is 0. The second-order valence-corrected chi connectivity index (χ2v) is 6.86. The highest BCUT2D eigenvalue weighted by Gasteiger charge is 2.20. The van der Waals surface area contributed by atoms with E-state index in [0.717, 1.165) is 11.6 Å². The van der Waals surface area contributed by atoms with Crippen LogP contribution in [0.5, 0.6) is 5.75 Å². The second-order valence-electron chi connectivity index (χ2n) is 6.86. The molecular weight excluding hydrogens is 400 g/mol. The molecule has 0 aliphatic rings. The van der Waals surface area contributed by atoms with Gasteiger partial charge in [-0.15, -0.1) is 0 Å². The summed E-state index contributed by atoms with van der Waals surface area (Å²) in [5.41, 5.74) is 2.17. The first-order chi connectivity index (χ1) is 15.0. The van der Waals surface area contributed by atoms with Crippen LogP contribution in [0.3, 0.4) is 0 Å². The molecule has 0 spiro atoms. The molecule has 0 saturated carbocycles. The number of carbonyl (C=O) groups is 1. The molecule has 0 aliphatic heterocycles. The number of ether oxygens (including phenoxy) is 1. The fraction of sp³-hybridized carbons (Fsp3) is 0.0833. The maximum Gasteiger partial charge on any atom is 0.260 e.